The van der Waals surface area contributed by atoms with Crippen LogP contribution in [0.15, 0.2) is 21.6 Å². The predicted molar refractivity (Wildman–Crippen MR) is 73.3 cm³/mol. The fourth-order valence-electron chi connectivity index (χ4n) is 2.01. The lowest BCUT2D eigenvalue weighted by Crippen LogP contribution is -2.28. The van der Waals surface area contributed by atoms with Crippen LogP contribution in [0.1, 0.15) is 22.7 Å². The second kappa shape index (κ2) is 5.39. The molecule has 0 atom stereocenters. The predicted octanol–water partition coefficient (Wildman–Crippen LogP) is 0.899. The minimum Gasteiger partial charge on any atom is -0.469 e. The van der Waals surface area contributed by atoms with Crippen LogP contribution in [-0.2, 0) is 23.1 Å². The normalized spacial score (nSPS) is 12.2. The van der Waals surface area contributed by atoms with E-state index in [-0.39, 0.29) is 18.0 Å². The Labute approximate surface area is 117 Å². The van der Waals surface area contributed by atoms with E-state index >= 15 is 0 Å². The molecule has 0 radical (unpaired) electrons. The first-order chi connectivity index (χ1) is 9.37. The Hall–Kier alpha value is -1.64. The zero-order valence-corrected chi connectivity index (χ0v) is 12.5. The number of H-pyrrole nitrogens is 1. The smallest absolute Gasteiger partial charge is 0.246 e. The zero-order valence-electron chi connectivity index (χ0n) is 11.7. The fraction of sp³-hybridized carbons (Fsp3) is 0.417. The van der Waals surface area contributed by atoms with E-state index in [4.69, 9.17) is 10.2 Å². The summed E-state index contributed by atoms with van der Waals surface area (Å²) in [6.07, 6.45) is 1.54. The molecule has 0 bridgehead atoms. The molecule has 8 heteroatoms. The van der Waals surface area contributed by atoms with Crippen molar-refractivity contribution in [2.45, 2.75) is 31.8 Å². The van der Waals surface area contributed by atoms with Crippen molar-refractivity contribution in [2.24, 2.45) is 5.73 Å². The SMILES string of the molecule is Cc1[nH]nc(CN)c1S(=O)(=O)N(C)Cc1ccoc1C. The summed E-state index contributed by atoms with van der Waals surface area (Å²) >= 11 is 0. The summed E-state index contributed by atoms with van der Waals surface area (Å²) in [7, 11) is -2.12. The molecular formula is C12H18N4O3S. The highest BCUT2D eigenvalue weighted by Gasteiger charge is 2.28. The van der Waals surface area contributed by atoms with Gasteiger partial charge in [-0.15, -0.1) is 0 Å². The van der Waals surface area contributed by atoms with Crippen LogP contribution in [0.3, 0.4) is 0 Å². The van der Waals surface area contributed by atoms with Gasteiger partial charge in [-0.3, -0.25) is 5.10 Å². The number of furan rings is 1. The third-order valence-corrected chi connectivity index (χ3v) is 5.19. The Morgan fingerprint density at radius 3 is 2.70 bits per heavy atom. The van der Waals surface area contributed by atoms with Gasteiger partial charge in [0, 0.05) is 25.7 Å². The molecule has 0 saturated heterocycles. The average Bonchev–Trinajstić information content (AvgIpc) is 2.96. The monoisotopic (exact) mass is 298 g/mol. The molecule has 2 aromatic heterocycles. The van der Waals surface area contributed by atoms with E-state index in [0.717, 1.165) is 5.56 Å². The number of rotatable bonds is 5. The summed E-state index contributed by atoms with van der Waals surface area (Å²) in [5.74, 6) is 0.704. The number of hydrogen-bond donors (Lipinski definition) is 2. The van der Waals surface area contributed by atoms with E-state index in [9.17, 15) is 8.42 Å². The van der Waals surface area contributed by atoms with Crippen LogP contribution in [-0.4, -0.2) is 30.0 Å². The number of aromatic nitrogens is 2. The van der Waals surface area contributed by atoms with Gasteiger partial charge in [0.2, 0.25) is 10.0 Å². The van der Waals surface area contributed by atoms with Crippen molar-refractivity contribution in [2.75, 3.05) is 7.05 Å². The lowest BCUT2D eigenvalue weighted by molar-refractivity contribution is 0.458. The van der Waals surface area contributed by atoms with Gasteiger partial charge >= 0.3 is 0 Å². The first kappa shape index (κ1) is 14.8. The molecular weight excluding hydrogens is 280 g/mol. The summed E-state index contributed by atoms with van der Waals surface area (Å²) in [6, 6.07) is 1.76. The van der Waals surface area contributed by atoms with Crippen LogP contribution in [0.4, 0.5) is 0 Å². The molecule has 0 aliphatic rings. The Bertz CT molecular complexity index is 702. The second-order valence-electron chi connectivity index (χ2n) is 4.59. The van der Waals surface area contributed by atoms with Crippen molar-refractivity contribution in [3.8, 4) is 0 Å². The number of sulfonamides is 1. The molecule has 20 heavy (non-hydrogen) atoms. The molecule has 0 saturated carbocycles. The van der Waals surface area contributed by atoms with Crippen LogP contribution < -0.4 is 5.73 Å². The van der Waals surface area contributed by atoms with E-state index < -0.39 is 10.0 Å². The van der Waals surface area contributed by atoms with Gasteiger partial charge in [0.15, 0.2) is 0 Å². The van der Waals surface area contributed by atoms with E-state index in [2.05, 4.69) is 10.2 Å². The van der Waals surface area contributed by atoms with E-state index in [1.165, 1.54) is 11.4 Å². The number of nitrogens with one attached hydrogen (secondary N) is 1. The zero-order chi connectivity index (χ0) is 14.9. The first-order valence-electron chi connectivity index (χ1n) is 6.11. The third-order valence-electron chi connectivity index (χ3n) is 3.18. The quantitative estimate of drug-likeness (QED) is 0.853. The Morgan fingerprint density at radius 1 is 1.45 bits per heavy atom. The van der Waals surface area contributed by atoms with Gasteiger partial charge in [0.1, 0.15) is 10.7 Å². The van der Waals surface area contributed by atoms with Gasteiger partial charge in [-0.05, 0) is 19.9 Å². The van der Waals surface area contributed by atoms with Crippen LogP contribution in [0.5, 0.6) is 0 Å². The summed E-state index contributed by atoms with van der Waals surface area (Å²) in [6.45, 7) is 3.76. The molecule has 0 aliphatic heterocycles. The lowest BCUT2D eigenvalue weighted by Gasteiger charge is -2.17. The van der Waals surface area contributed by atoms with E-state index in [1.54, 1.807) is 26.2 Å². The molecule has 0 aromatic carbocycles. The highest BCUT2D eigenvalue weighted by Crippen LogP contribution is 2.23. The molecule has 0 unspecified atom stereocenters. The number of hydrogen-bond acceptors (Lipinski definition) is 5. The summed E-state index contributed by atoms with van der Waals surface area (Å²) in [5.41, 5.74) is 7.20. The lowest BCUT2D eigenvalue weighted by atomic mass is 10.3. The maximum absolute atomic E-state index is 12.6. The maximum atomic E-state index is 12.6. The van der Waals surface area contributed by atoms with Crippen molar-refractivity contribution in [3.05, 3.63) is 35.0 Å². The highest BCUT2D eigenvalue weighted by atomic mass is 32.2. The van der Waals surface area contributed by atoms with Gasteiger partial charge < -0.3 is 10.2 Å². The number of aromatic amines is 1. The van der Waals surface area contributed by atoms with E-state index in [1.807, 2.05) is 0 Å². The number of aryl methyl sites for hydroxylation is 2. The Morgan fingerprint density at radius 2 is 2.15 bits per heavy atom. The van der Waals surface area contributed by atoms with Crippen molar-refractivity contribution >= 4 is 10.0 Å². The number of nitrogens with zero attached hydrogens (tertiary/aromatic N) is 2. The minimum absolute atomic E-state index is 0.0669. The molecule has 7 nitrogen and oxygen atoms in total. The van der Waals surface area contributed by atoms with Crippen molar-refractivity contribution in [1.82, 2.24) is 14.5 Å². The summed E-state index contributed by atoms with van der Waals surface area (Å²) in [4.78, 5) is 0.156. The van der Waals surface area contributed by atoms with Gasteiger partial charge in [-0.1, -0.05) is 0 Å². The third kappa shape index (κ3) is 2.49. The molecule has 0 amide bonds. The molecule has 2 heterocycles. The van der Waals surface area contributed by atoms with Crippen LogP contribution in [0.25, 0.3) is 0 Å². The van der Waals surface area contributed by atoms with Crippen molar-refractivity contribution in [1.29, 1.82) is 0 Å². The van der Waals surface area contributed by atoms with Crippen molar-refractivity contribution < 1.29 is 12.8 Å². The van der Waals surface area contributed by atoms with Gasteiger partial charge in [-0.25, -0.2) is 8.42 Å². The van der Waals surface area contributed by atoms with E-state index in [0.29, 0.717) is 17.1 Å². The van der Waals surface area contributed by atoms with Crippen LogP contribution in [0.2, 0.25) is 0 Å². The standard InChI is InChI=1S/C12H18N4O3S/c1-8-12(11(6-13)15-14-8)20(17,18)16(3)7-10-4-5-19-9(10)2/h4-5H,6-7,13H2,1-3H3,(H,14,15). The Balaban J connectivity index is 2.35. The first-order valence-corrected chi connectivity index (χ1v) is 7.55. The molecule has 0 spiro atoms. The average molecular weight is 298 g/mol. The summed E-state index contributed by atoms with van der Waals surface area (Å²) < 4.78 is 31.7. The minimum atomic E-state index is -3.64. The molecule has 0 aliphatic carbocycles. The fourth-order valence-corrected chi connectivity index (χ4v) is 3.49. The van der Waals surface area contributed by atoms with Gasteiger partial charge in [0.25, 0.3) is 0 Å². The highest BCUT2D eigenvalue weighted by molar-refractivity contribution is 7.89. The molecule has 0 fully saturated rings. The molecule has 2 aromatic rings. The Kier molecular flexibility index (Phi) is 3.98. The summed E-state index contributed by atoms with van der Waals surface area (Å²) in [5, 5.41) is 6.59. The van der Waals surface area contributed by atoms with Crippen LogP contribution >= 0.6 is 0 Å². The van der Waals surface area contributed by atoms with Gasteiger partial charge in [0.05, 0.1) is 17.7 Å². The van der Waals surface area contributed by atoms with Crippen LogP contribution in [0, 0.1) is 13.8 Å². The maximum Gasteiger partial charge on any atom is 0.246 e. The largest absolute Gasteiger partial charge is 0.469 e. The topological polar surface area (TPSA) is 105 Å². The molecule has 2 rings (SSSR count). The van der Waals surface area contributed by atoms with Gasteiger partial charge in [-0.2, -0.15) is 9.40 Å². The molecule has 110 valence electrons. The molecule has 3 N–H and O–H groups in total. The second-order valence-corrected chi connectivity index (χ2v) is 6.57. The number of nitrogens with two attached hydrogens (primary N) is 1. The van der Waals surface area contributed by atoms with Crippen molar-refractivity contribution in [3.63, 3.8) is 0 Å².